The Morgan fingerprint density at radius 3 is 2.82 bits per heavy atom. The normalized spacial score (nSPS) is 10.2. The highest BCUT2D eigenvalue weighted by atomic mass is 16.2. The van der Waals surface area contributed by atoms with E-state index in [1.54, 1.807) is 10.9 Å². The summed E-state index contributed by atoms with van der Waals surface area (Å²) >= 11 is 0. The second kappa shape index (κ2) is 5.22. The number of nitrogens with zero attached hydrogens (tertiary/aromatic N) is 3. The number of aromatic nitrogens is 3. The van der Waals surface area contributed by atoms with E-state index in [2.05, 4.69) is 15.6 Å². The molecule has 1 aromatic heterocycles. The van der Waals surface area contributed by atoms with Crippen LogP contribution in [-0.4, -0.2) is 27.4 Å². The summed E-state index contributed by atoms with van der Waals surface area (Å²) in [5, 5.41) is 10.3. The van der Waals surface area contributed by atoms with E-state index in [4.69, 9.17) is 5.73 Å². The molecule has 1 heterocycles. The van der Waals surface area contributed by atoms with E-state index in [9.17, 15) is 4.79 Å². The lowest BCUT2D eigenvalue weighted by molar-refractivity contribution is 0.102. The number of hydrogen-bond donors (Lipinski definition) is 2. The molecule has 88 valence electrons. The van der Waals surface area contributed by atoms with Crippen molar-refractivity contribution in [1.29, 1.82) is 0 Å². The smallest absolute Gasteiger partial charge is 0.277 e. The van der Waals surface area contributed by atoms with Gasteiger partial charge in [-0.05, 0) is 12.1 Å². The van der Waals surface area contributed by atoms with Crippen molar-refractivity contribution in [2.45, 2.75) is 6.54 Å². The van der Waals surface area contributed by atoms with Crippen molar-refractivity contribution in [2.75, 3.05) is 11.9 Å². The average molecular weight is 231 g/mol. The summed E-state index contributed by atoms with van der Waals surface area (Å²) in [6, 6.07) is 9.19. The molecule has 0 saturated heterocycles. The van der Waals surface area contributed by atoms with Gasteiger partial charge in [0.15, 0.2) is 5.69 Å². The van der Waals surface area contributed by atoms with Crippen LogP contribution in [0.1, 0.15) is 10.5 Å². The highest BCUT2D eigenvalue weighted by Crippen LogP contribution is 2.06. The number of carbonyl (C=O) groups excluding carboxylic acids is 1. The van der Waals surface area contributed by atoms with Gasteiger partial charge in [0, 0.05) is 12.2 Å². The third kappa shape index (κ3) is 2.88. The second-order valence-corrected chi connectivity index (χ2v) is 3.48. The Labute approximate surface area is 98.4 Å². The molecule has 0 saturated carbocycles. The maximum atomic E-state index is 11.8. The molecule has 0 aliphatic rings. The van der Waals surface area contributed by atoms with Gasteiger partial charge in [-0.25, -0.2) is 0 Å². The van der Waals surface area contributed by atoms with Gasteiger partial charge in [-0.15, -0.1) is 5.10 Å². The summed E-state index contributed by atoms with van der Waals surface area (Å²) in [6.07, 6.45) is 1.57. The Balaban J connectivity index is 2.04. The van der Waals surface area contributed by atoms with Crippen molar-refractivity contribution in [2.24, 2.45) is 5.73 Å². The van der Waals surface area contributed by atoms with Crippen molar-refractivity contribution in [3.63, 3.8) is 0 Å². The van der Waals surface area contributed by atoms with Crippen LogP contribution in [0.5, 0.6) is 0 Å². The van der Waals surface area contributed by atoms with E-state index in [-0.39, 0.29) is 11.6 Å². The number of nitrogens with two attached hydrogens (primary N) is 1. The predicted molar refractivity (Wildman–Crippen MR) is 63.5 cm³/mol. The van der Waals surface area contributed by atoms with Crippen molar-refractivity contribution >= 4 is 11.6 Å². The van der Waals surface area contributed by atoms with Crippen molar-refractivity contribution in [3.8, 4) is 0 Å². The molecule has 0 fully saturated rings. The first-order valence-corrected chi connectivity index (χ1v) is 5.26. The Hall–Kier alpha value is -2.21. The third-order valence-corrected chi connectivity index (χ3v) is 2.16. The van der Waals surface area contributed by atoms with Crippen LogP contribution in [0.2, 0.25) is 0 Å². The van der Waals surface area contributed by atoms with Gasteiger partial charge in [0.25, 0.3) is 5.91 Å². The second-order valence-electron chi connectivity index (χ2n) is 3.48. The molecular formula is C11H13N5O. The zero-order valence-corrected chi connectivity index (χ0v) is 9.21. The van der Waals surface area contributed by atoms with Crippen LogP contribution in [0.15, 0.2) is 36.5 Å². The van der Waals surface area contributed by atoms with Gasteiger partial charge in [0.2, 0.25) is 0 Å². The molecule has 1 amide bonds. The average Bonchev–Trinajstić information content (AvgIpc) is 2.79. The van der Waals surface area contributed by atoms with Gasteiger partial charge in [0.1, 0.15) is 0 Å². The summed E-state index contributed by atoms with van der Waals surface area (Å²) in [5.74, 6) is -0.278. The summed E-state index contributed by atoms with van der Waals surface area (Å²) in [6.45, 7) is 1.01. The minimum absolute atomic E-state index is 0.278. The lowest BCUT2D eigenvalue weighted by Crippen LogP contribution is -2.12. The van der Waals surface area contributed by atoms with E-state index in [1.165, 1.54) is 0 Å². The van der Waals surface area contributed by atoms with E-state index in [0.717, 1.165) is 5.69 Å². The molecule has 0 aliphatic heterocycles. The van der Waals surface area contributed by atoms with Crippen molar-refractivity contribution in [3.05, 3.63) is 42.2 Å². The van der Waals surface area contributed by atoms with Gasteiger partial charge in [-0.2, -0.15) is 0 Å². The van der Waals surface area contributed by atoms with Gasteiger partial charge in [-0.1, -0.05) is 23.4 Å². The maximum absolute atomic E-state index is 11.8. The number of carbonyl (C=O) groups is 1. The highest BCUT2D eigenvalue weighted by molar-refractivity contribution is 6.02. The van der Waals surface area contributed by atoms with Crippen LogP contribution in [0.3, 0.4) is 0 Å². The Kier molecular flexibility index (Phi) is 3.46. The molecule has 2 rings (SSSR count). The monoisotopic (exact) mass is 231 g/mol. The van der Waals surface area contributed by atoms with Crippen LogP contribution in [0.25, 0.3) is 0 Å². The fraction of sp³-hybridized carbons (Fsp3) is 0.182. The zero-order chi connectivity index (χ0) is 12.1. The Morgan fingerprint density at radius 2 is 2.12 bits per heavy atom. The first-order valence-electron chi connectivity index (χ1n) is 5.26. The molecule has 17 heavy (non-hydrogen) atoms. The minimum Gasteiger partial charge on any atom is -0.329 e. The molecule has 2 aromatic rings. The molecule has 0 bridgehead atoms. The number of nitrogens with one attached hydrogen (secondary N) is 1. The largest absolute Gasteiger partial charge is 0.329 e. The fourth-order valence-corrected chi connectivity index (χ4v) is 1.36. The number of amides is 1. The summed E-state index contributed by atoms with van der Waals surface area (Å²) in [5.41, 5.74) is 6.39. The predicted octanol–water partition coefficient (Wildman–Crippen LogP) is 0.489. The Morgan fingerprint density at radius 1 is 1.35 bits per heavy atom. The van der Waals surface area contributed by atoms with Crippen LogP contribution < -0.4 is 11.1 Å². The number of hydrogen-bond acceptors (Lipinski definition) is 4. The topological polar surface area (TPSA) is 85.8 Å². The summed E-state index contributed by atoms with van der Waals surface area (Å²) in [4.78, 5) is 11.8. The molecule has 1 aromatic carbocycles. The molecule has 3 N–H and O–H groups in total. The van der Waals surface area contributed by atoms with Gasteiger partial charge in [0.05, 0.1) is 12.7 Å². The molecule has 6 nitrogen and oxygen atoms in total. The fourth-order valence-electron chi connectivity index (χ4n) is 1.36. The first-order chi connectivity index (χ1) is 8.29. The van der Waals surface area contributed by atoms with Crippen LogP contribution in [0.4, 0.5) is 5.69 Å². The molecular weight excluding hydrogens is 218 g/mol. The zero-order valence-electron chi connectivity index (χ0n) is 9.21. The van der Waals surface area contributed by atoms with E-state index >= 15 is 0 Å². The number of anilines is 1. The van der Waals surface area contributed by atoms with Crippen LogP contribution >= 0.6 is 0 Å². The van der Waals surface area contributed by atoms with E-state index < -0.39 is 0 Å². The standard InChI is InChI=1S/C11H13N5O/c12-6-7-16-8-10(14-15-16)11(17)13-9-4-2-1-3-5-9/h1-5,8H,6-7,12H2,(H,13,17). The van der Waals surface area contributed by atoms with Gasteiger partial charge in [-0.3, -0.25) is 9.48 Å². The molecule has 0 aliphatic carbocycles. The van der Waals surface area contributed by atoms with Gasteiger partial charge >= 0.3 is 0 Å². The SMILES string of the molecule is NCCn1cc(C(=O)Nc2ccccc2)nn1. The molecule has 6 heteroatoms. The number of rotatable bonds is 4. The van der Waals surface area contributed by atoms with Crippen LogP contribution in [0, 0.1) is 0 Å². The van der Waals surface area contributed by atoms with E-state index in [1.807, 2.05) is 30.3 Å². The third-order valence-electron chi connectivity index (χ3n) is 2.16. The number of benzene rings is 1. The molecule has 0 spiro atoms. The highest BCUT2D eigenvalue weighted by Gasteiger charge is 2.10. The maximum Gasteiger partial charge on any atom is 0.277 e. The summed E-state index contributed by atoms with van der Waals surface area (Å²) < 4.78 is 1.54. The van der Waals surface area contributed by atoms with Gasteiger partial charge < -0.3 is 11.1 Å². The summed E-state index contributed by atoms with van der Waals surface area (Å²) in [7, 11) is 0. The first kappa shape index (κ1) is 11.3. The molecule has 0 atom stereocenters. The number of para-hydroxylation sites is 1. The minimum atomic E-state index is -0.278. The molecule has 0 unspecified atom stereocenters. The Bertz CT molecular complexity index is 494. The lowest BCUT2D eigenvalue weighted by Gasteiger charge is -2.01. The van der Waals surface area contributed by atoms with E-state index in [0.29, 0.717) is 13.1 Å². The van der Waals surface area contributed by atoms with Crippen molar-refractivity contribution in [1.82, 2.24) is 15.0 Å². The molecule has 0 radical (unpaired) electrons. The quantitative estimate of drug-likeness (QED) is 0.801. The lowest BCUT2D eigenvalue weighted by atomic mass is 10.3. The van der Waals surface area contributed by atoms with Crippen LogP contribution in [-0.2, 0) is 6.54 Å². The van der Waals surface area contributed by atoms with Crippen molar-refractivity contribution < 1.29 is 4.79 Å².